The first kappa shape index (κ1) is 20.5. The van der Waals surface area contributed by atoms with Gasteiger partial charge in [0.05, 0.1) is 6.61 Å². The zero-order valence-electron chi connectivity index (χ0n) is 16.8. The molecule has 1 aliphatic rings. The minimum atomic E-state index is -1.18. The van der Waals surface area contributed by atoms with Crippen molar-refractivity contribution in [3.63, 3.8) is 0 Å². The highest BCUT2D eigenvalue weighted by atomic mass is 16.5. The van der Waals surface area contributed by atoms with E-state index in [-0.39, 0.29) is 6.54 Å². The first-order valence-electron chi connectivity index (χ1n) is 9.38. The summed E-state index contributed by atoms with van der Waals surface area (Å²) in [5.74, 6) is -0.845. The maximum absolute atomic E-state index is 12.9. The number of hydrogen-bond donors (Lipinski definition) is 2. The number of carbonyl (C=O) groups excluding carboxylic acids is 3. The van der Waals surface area contributed by atoms with Crippen LogP contribution < -0.4 is 10.6 Å². The van der Waals surface area contributed by atoms with E-state index in [1.165, 1.54) is 0 Å². The molecule has 0 spiro atoms. The predicted octanol–water partition coefficient (Wildman–Crippen LogP) is 2.22. The lowest BCUT2D eigenvalue weighted by atomic mass is 9.91. The molecule has 4 amide bonds. The van der Waals surface area contributed by atoms with E-state index >= 15 is 0 Å². The number of hydrogen-bond acceptors (Lipinski definition) is 4. The van der Waals surface area contributed by atoms with E-state index in [0.717, 1.165) is 21.6 Å². The number of nitrogens with zero attached hydrogens (tertiary/aromatic N) is 1. The number of carbonyl (C=O) groups is 3. The monoisotopic (exact) mass is 395 g/mol. The number of imide groups is 1. The molecule has 0 bridgehead atoms. The molecule has 1 fully saturated rings. The van der Waals surface area contributed by atoms with Crippen LogP contribution in [0.15, 0.2) is 48.5 Å². The molecule has 0 aliphatic carbocycles. The highest BCUT2D eigenvalue weighted by Gasteiger charge is 2.49. The summed E-state index contributed by atoms with van der Waals surface area (Å²) in [4.78, 5) is 38.6. The Morgan fingerprint density at radius 3 is 2.52 bits per heavy atom. The van der Waals surface area contributed by atoms with E-state index in [4.69, 9.17) is 4.74 Å². The van der Waals surface area contributed by atoms with Gasteiger partial charge >= 0.3 is 6.03 Å². The average Bonchev–Trinajstić information content (AvgIpc) is 2.91. The molecule has 2 aromatic carbocycles. The summed E-state index contributed by atoms with van der Waals surface area (Å²) in [6.45, 7) is 4.06. The lowest BCUT2D eigenvalue weighted by Gasteiger charge is -2.22. The highest BCUT2D eigenvalue weighted by Crippen LogP contribution is 2.28. The van der Waals surface area contributed by atoms with Gasteiger partial charge in [-0.2, -0.15) is 0 Å². The maximum atomic E-state index is 12.9. The van der Waals surface area contributed by atoms with Crippen LogP contribution in [0, 0.1) is 6.92 Å². The van der Waals surface area contributed by atoms with Crippen molar-refractivity contribution in [3.8, 4) is 0 Å². The Kier molecular flexibility index (Phi) is 5.98. The minimum Gasteiger partial charge on any atom is -0.380 e. The van der Waals surface area contributed by atoms with Crippen molar-refractivity contribution in [2.75, 3.05) is 13.7 Å². The first-order valence-corrected chi connectivity index (χ1v) is 9.38. The fraction of sp³-hybridized carbons (Fsp3) is 0.318. The van der Waals surface area contributed by atoms with Gasteiger partial charge in [-0.3, -0.25) is 14.5 Å². The molecule has 2 N–H and O–H groups in total. The second-order valence-electron chi connectivity index (χ2n) is 7.34. The van der Waals surface area contributed by atoms with Crippen molar-refractivity contribution in [2.45, 2.75) is 32.5 Å². The summed E-state index contributed by atoms with van der Waals surface area (Å²) in [7, 11) is 1.62. The van der Waals surface area contributed by atoms with Crippen LogP contribution in [0.1, 0.15) is 29.2 Å². The van der Waals surface area contributed by atoms with Crippen molar-refractivity contribution in [2.24, 2.45) is 0 Å². The number of amides is 4. The minimum absolute atomic E-state index is 0.301. The van der Waals surface area contributed by atoms with Gasteiger partial charge in [0.2, 0.25) is 5.91 Å². The van der Waals surface area contributed by atoms with Crippen LogP contribution in [0.5, 0.6) is 0 Å². The fourth-order valence-electron chi connectivity index (χ4n) is 3.32. The summed E-state index contributed by atoms with van der Waals surface area (Å²) in [6, 6.07) is 14.5. The Bertz CT molecular complexity index is 926. The Balaban J connectivity index is 1.63. The molecule has 0 saturated carbocycles. The number of ether oxygens (including phenoxy) is 1. The van der Waals surface area contributed by atoms with Gasteiger partial charge in [0, 0.05) is 13.7 Å². The zero-order valence-corrected chi connectivity index (χ0v) is 16.8. The van der Waals surface area contributed by atoms with Gasteiger partial charge in [-0.1, -0.05) is 54.1 Å². The Hall–Kier alpha value is -3.19. The molecule has 1 atom stereocenters. The standard InChI is InChI=1S/C22H25N3O4/c1-15-7-9-18(10-8-15)22(2)20(27)25(21(28)24-22)13-19(26)23-12-16-5-4-6-17(11-16)14-29-3/h4-11H,12-14H2,1-3H3,(H,23,26)(H,24,28). The number of urea groups is 1. The Morgan fingerprint density at radius 1 is 1.14 bits per heavy atom. The van der Waals surface area contributed by atoms with Crippen LogP contribution in [0.3, 0.4) is 0 Å². The smallest absolute Gasteiger partial charge is 0.325 e. The third-order valence-electron chi connectivity index (χ3n) is 5.00. The van der Waals surface area contributed by atoms with Gasteiger partial charge in [-0.05, 0) is 30.5 Å². The summed E-state index contributed by atoms with van der Waals surface area (Å²) in [5, 5.41) is 5.47. The van der Waals surface area contributed by atoms with Crippen molar-refractivity contribution in [3.05, 3.63) is 70.8 Å². The van der Waals surface area contributed by atoms with Crippen LogP contribution >= 0.6 is 0 Å². The molecule has 7 nitrogen and oxygen atoms in total. The fourth-order valence-corrected chi connectivity index (χ4v) is 3.32. The normalized spacial score (nSPS) is 18.7. The summed E-state index contributed by atoms with van der Waals surface area (Å²) < 4.78 is 5.11. The number of methoxy groups -OCH3 is 1. The largest absolute Gasteiger partial charge is 0.380 e. The van der Waals surface area contributed by atoms with E-state index in [9.17, 15) is 14.4 Å². The van der Waals surface area contributed by atoms with Crippen molar-refractivity contribution in [1.82, 2.24) is 15.5 Å². The van der Waals surface area contributed by atoms with Gasteiger partial charge in [0.25, 0.3) is 5.91 Å². The van der Waals surface area contributed by atoms with Gasteiger partial charge in [0.15, 0.2) is 0 Å². The molecule has 1 heterocycles. The molecule has 1 unspecified atom stereocenters. The molecule has 7 heteroatoms. The van der Waals surface area contributed by atoms with E-state index in [0.29, 0.717) is 18.7 Å². The third kappa shape index (κ3) is 4.46. The summed E-state index contributed by atoms with van der Waals surface area (Å²) in [5.41, 5.74) is 2.47. The molecule has 1 aliphatic heterocycles. The second kappa shape index (κ2) is 8.45. The molecule has 0 radical (unpaired) electrons. The topological polar surface area (TPSA) is 87.7 Å². The lowest BCUT2D eigenvalue weighted by molar-refractivity contribution is -0.134. The third-order valence-corrected chi connectivity index (χ3v) is 5.00. The number of nitrogens with one attached hydrogen (secondary N) is 2. The summed E-state index contributed by atoms with van der Waals surface area (Å²) in [6.07, 6.45) is 0. The van der Waals surface area contributed by atoms with Crippen molar-refractivity contribution >= 4 is 17.8 Å². The van der Waals surface area contributed by atoms with Gasteiger partial charge in [-0.25, -0.2) is 4.79 Å². The molecule has 0 aromatic heterocycles. The van der Waals surface area contributed by atoms with Crippen LogP contribution in [0.25, 0.3) is 0 Å². The number of aryl methyl sites for hydroxylation is 1. The van der Waals surface area contributed by atoms with E-state index < -0.39 is 23.4 Å². The lowest BCUT2D eigenvalue weighted by Crippen LogP contribution is -2.43. The number of benzene rings is 2. The first-order chi connectivity index (χ1) is 13.8. The number of rotatable bonds is 7. The van der Waals surface area contributed by atoms with Gasteiger partial charge in [0.1, 0.15) is 12.1 Å². The molecule has 29 heavy (non-hydrogen) atoms. The predicted molar refractivity (Wildman–Crippen MR) is 108 cm³/mol. The zero-order chi connectivity index (χ0) is 21.0. The van der Waals surface area contributed by atoms with E-state index in [1.54, 1.807) is 14.0 Å². The quantitative estimate of drug-likeness (QED) is 0.704. The van der Waals surface area contributed by atoms with Gasteiger partial charge < -0.3 is 15.4 Å². The highest BCUT2D eigenvalue weighted by molar-refractivity contribution is 6.09. The van der Waals surface area contributed by atoms with E-state index in [2.05, 4.69) is 10.6 Å². The Labute approximate surface area is 170 Å². The van der Waals surface area contributed by atoms with Crippen molar-refractivity contribution < 1.29 is 19.1 Å². The summed E-state index contributed by atoms with van der Waals surface area (Å²) >= 11 is 0. The van der Waals surface area contributed by atoms with E-state index in [1.807, 2.05) is 55.5 Å². The van der Waals surface area contributed by atoms with Gasteiger partial charge in [-0.15, -0.1) is 0 Å². The molecular formula is C22H25N3O4. The molecular weight excluding hydrogens is 370 g/mol. The average molecular weight is 395 g/mol. The molecule has 2 aromatic rings. The Morgan fingerprint density at radius 2 is 1.83 bits per heavy atom. The molecule has 1 saturated heterocycles. The van der Waals surface area contributed by atoms with Crippen LogP contribution in [0.2, 0.25) is 0 Å². The van der Waals surface area contributed by atoms with Crippen molar-refractivity contribution in [1.29, 1.82) is 0 Å². The maximum Gasteiger partial charge on any atom is 0.325 e. The second-order valence-corrected chi connectivity index (χ2v) is 7.34. The van der Waals surface area contributed by atoms with Crippen LogP contribution in [-0.2, 0) is 33.0 Å². The van der Waals surface area contributed by atoms with Crippen LogP contribution in [0.4, 0.5) is 4.79 Å². The SMILES string of the molecule is COCc1cccc(CNC(=O)CN2C(=O)NC(C)(c3ccc(C)cc3)C2=O)c1. The molecule has 152 valence electrons. The van der Waals surface area contributed by atoms with Crippen LogP contribution in [-0.4, -0.2) is 36.4 Å². The molecule has 3 rings (SSSR count).